The lowest BCUT2D eigenvalue weighted by atomic mass is 10.3. The molecule has 20 heavy (non-hydrogen) atoms. The largest absolute Gasteiger partial charge is 0.339 e. The highest BCUT2D eigenvalue weighted by atomic mass is 79.9. The van der Waals surface area contributed by atoms with Gasteiger partial charge in [-0.2, -0.15) is 0 Å². The molecule has 1 aromatic carbocycles. The topological polar surface area (TPSA) is 54.3 Å². The molecule has 2 heterocycles. The molecular weight excluding hydrogens is 342 g/mol. The molecule has 0 radical (unpaired) electrons. The zero-order chi connectivity index (χ0) is 14.1. The van der Waals surface area contributed by atoms with Gasteiger partial charge in [0, 0.05) is 30.7 Å². The number of piperazine rings is 1. The zero-order valence-electron chi connectivity index (χ0n) is 10.8. The minimum atomic E-state index is -0.0824. The average Bonchev–Trinajstić information content (AvgIpc) is 2.75. The van der Waals surface area contributed by atoms with Crippen molar-refractivity contribution < 1.29 is 4.79 Å². The van der Waals surface area contributed by atoms with E-state index in [0.29, 0.717) is 18.5 Å². The summed E-state index contributed by atoms with van der Waals surface area (Å²) in [6.45, 7) is 3.20. The average molecular weight is 356 g/mol. The molecular formula is C13H14BrN3O2S. The Balaban J connectivity index is 1.85. The maximum absolute atomic E-state index is 12.2. The van der Waals surface area contributed by atoms with E-state index in [1.54, 1.807) is 10.0 Å². The second kappa shape index (κ2) is 5.67. The predicted octanol–water partition coefficient (Wildman–Crippen LogP) is 1.26. The number of fused-ring (bicyclic) bond motifs is 1. The maximum Gasteiger partial charge on any atom is 0.269 e. The number of halogens is 1. The fraction of sp³-hybridized carbons (Fsp3) is 0.385. The Bertz CT molecular complexity index is 703. The molecule has 1 aromatic heterocycles. The molecule has 2 aromatic rings. The summed E-state index contributed by atoms with van der Waals surface area (Å²) in [5.41, 5.74) is -0.0824. The number of benzene rings is 1. The maximum atomic E-state index is 12.2. The first-order chi connectivity index (χ1) is 9.65. The fourth-order valence-electron chi connectivity index (χ4n) is 2.28. The predicted molar refractivity (Wildman–Crippen MR) is 83.2 cm³/mol. The highest BCUT2D eigenvalue weighted by Gasteiger charge is 2.18. The number of aromatic nitrogens is 1. The van der Waals surface area contributed by atoms with Gasteiger partial charge < -0.3 is 10.2 Å². The van der Waals surface area contributed by atoms with Gasteiger partial charge in [-0.05, 0) is 18.2 Å². The van der Waals surface area contributed by atoms with Crippen molar-refractivity contribution in [2.24, 2.45) is 0 Å². The van der Waals surface area contributed by atoms with Gasteiger partial charge >= 0.3 is 0 Å². The second-order valence-corrected chi connectivity index (χ2v) is 6.68. The molecule has 5 nitrogen and oxygen atoms in total. The van der Waals surface area contributed by atoms with Crippen LogP contribution in [0.1, 0.15) is 0 Å². The van der Waals surface area contributed by atoms with Crippen molar-refractivity contribution in [1.82, 2.24) is 14.2 Å². The summed E-state index contributed by atoms with van der Waals surface area (Å²) < 4.78 is 3.38. The molecule has 0 bridgehead atoms. The van der Waals surface area contributed by atoms with Crippen LogP contribution in [0.5, 0.6) is 0 Å². The Morgan fingerprint density at radius 3 is 2.85 bits per heavy atom. The molecule has 0 spiro atoms. The van der Waals surface area contributed by atoms with E-state index in [9.17, 15) is 9.59 Å². The summed E-state index contributed by atoms with van der Waals surface area (Å²) in [4.78, 5) is 26.2. The Kier molecular flexibility index (Phi) is 3.91. The van der Waals surface area contributed by atoms with Gasteiger partial charge in [-0.25, -0.2) is 0 Å². The summed E-state index contributed by atoms with van der Waals surface area (Å²) in [5.74, 6) is 0.0132. The Labute approximate surface area is 128 Å². The minimum absolute atomic E-state index is 0.0132. The summed E-state index contributed by atoms with van der Waals surface area (Å²) >= 11 is 4.73. The van der Waals surface area contributed by atoms with Crippen LogP contribution in [-0.2, 0) is 11.3 Å². The monoisotopic (exact) mass is 355 g/mol. The van der Waals surface area contributed by atoms with Crippen LogP contribution in [0.2, 0.25) is 0 Å². The highest BCUT2D eigenvalue weighted by molar-refractivity contribution is 9.10. The highest BCUT2D eigenvalue weighted by Crippen LogP contribution is 2.21. The Hall–Kier alpha value is -1.18. The smallest absolute Gasteiger partial charge is 0.269 e. The lowest BCUT2D eigenvalue weighted by Gasteiger charge is -2.27. The van der Waals surface area contributed by atoms with E-state index in [1.807, 2.05) is 17.0 Å². The Morgan fingerprint density at radius 1 is 1.35 bits per heavy atom. The van der Waals surface area contributed by atoms with Crippen LogP contribution < -0.4 is 10.9 Å². The quantitative estimate of drug-likeness (QED) is 0.882. The number of carbonyl (C=O) groups excluding carboxylic acids is 1. The fourth-order valence-corrected chi connectivity index (χ4v) is 3.82. The first kappa shape index (κ1) is 13.8. The normalized spacial score (nSPS) is 15.8. The molecule has 3 rings (SSSR count). The van der Waals surface area contributed by atoms with Crippen LogP contribution in [0.3, 0.4) is 0 Å². The van der Waals surface area contributed by atoms with Crippen molar-refractivity contribution >= 4 is 43.5 Å². The molecule has 0 aliphatic carbocycles. The van der Waals surface area contributed by atoms with Gasteiger partial charge in [0.2, 0.25) is 5.91 Å². The molecule has 0 unspecified atom stereocenters. The van der Waals surface area contributed by atoms with Gasteiger partial charge in [0.15, 0.2) is 0 Å². The van der Waals surface area contributed by atoms with Crippen molar-refractivity contribution in [3.63, 3.8) is 0 Å². The number of nitrogens with one attached hydrogen (secondary N) is 1. The Morgan fingerprint density at radius 2 is 2.10 bits per heavy atom. The van der Waals surface area contributed by atoms with Crippen LogP contribution in [0.25, 0.3) is 10.1 Å². The van der Waals surface area contributed by atoms with E-state index >= 15 is 0 Å². The number of nitrogens with zero attached hydrogens (tertiary/aromatic N) is 2. The van der Waals surface area contributed by atoms with E-state index in [1.165, 1.54) is 11.5 Å². The van der Waals surface area contributed by atoms with Crippen molar-refractivity contribution in [2.45, 2.75) is 6.54 Å². The third kappa shape index (κ3) is 2.65. The van der Waals surface area contributed by atoms with Gasteiger partial charge in [-0.1, -0.05) is 27.5 Å². The molecule has 7 heteroatoms. The van der Waals surface area contributed by atoms with E-state index in [2.05, 4.69) is 21.2 Å². The molecule has 1 amide bonds. The lowest BCUT2D eigenvalue weighted by Crippen LogP contribution is -2.47. The first-order valence-corrected chi connectivity index (χ1v) is 7.99. The number of hydrogen-bond acceptors (Lipinski definition) is 4. The van der Waals surface area contributed by atoms with E-state index in [4.69, 9.17) is 0 Å². The van der Waals surface area contributed by atoms with E-state index < -0.39 is 0 Å². The lowest BCUT2D eigenvalue weighted by molar-refractivity contribution is -0.132. The van der Waals surface area contributed by atoms with Gasteiger partial charge in [0.05, 0.1) is 10.1 Å². The standard InChI is InChI=1S/C13H14BrN3O2S/c14-9-1-2-10-11(7-9)20-17(13(10)19)8-12(18)16-5-3-15-4-6-16/h1-2,7,15H,3-6,8H2. The number of hydrogen-bond donors (Lipinski definition) is 1. The molecule has 1 aliphatic heterocycles. The zero-order valence-corrected chi connectivity index (χ0v) is 13.2. The van der Waals surface area contributed by atoms with Crippen LogP contribution in [0.4, 0.5) is 0 Å². The van der Waals surface area contributed by atoms with Gasteiger partial charge in [-0.3, -0.25) is 13.5 Å². The molecule has 1 aliphatic rings. The van der Waals surface area contributed by atoms with Crippen molar-refractivity contribution in [3.05, 3.63) is 33.0 Å². The molecule has 0 atom stereocenters. The van der Waals surface area contributed by atoms with Gasteiger partial charge in [-0.15, -0.1) is 0 Å². The van der Waals surface area contributed by atoms with Crippen LogP contribution >= 0.6 is 27.5 Å². The van der Waals surface area contributed by atoms with Gasteiger partial charge in [0.25, 0.3) is 5.56 Å². The third-order valence-electron chi connectivity index (χ3n) is 3.36. The van der Waals surface area contributed by atoms with Crippen LogP contribution in [0, 0.1) is 0 Å². The SMILES string of the molecule is O=C(Cn1sc2cc(Br)ccc2c1=O)N1CCNCC1. The molecule has 1 fully saturated rings. The second-order valence-electron chi connectivity index (χ2n) is 4.70. The minimum Gasteiger partial charge on any atom is -0.339 e. The number of rotatable bonds is 2. The van der Waals surface area contributed by atoms with E-state index in [0.717, 1.165) is 22.3 Å². The number of amides is 1. The van der Waals surface area contributed by atoms with Gasteiger partial charge in [0.1, 0.15) is 6.54 Å². The van der Waals surface area contributed by atoms with E-state index in [-0.39, 0.29) is 18.0 Å². The molecule has 106 valence electrons. The van der Waals surface area contributed by atoms with Crippen molar-refractivity contribution in [3.8, 4) is 0 Å². The summed E-state index contributed by atoms with van der Waals surface area (Å²) in [5, 5.41) is 3.88. The van der Waals surface area contributed by atoms with Crippen LogP contribution in [-0.4, -0.2) is 40.9 Å². The van der Waals surface area contributed by atoms with Crippen LogP contribution in [0.15, 0.2) is 27.5 Å². The van der Waals surface area contributed by atoms with Crippen molar-refractivity contribution in [1.29, 1.82) is 0 Å². The summed E-state index contributed by atoms with van der Waals surface area (Å²) in [6.07, 6.45) is 0. The number of carbonyl (C=O) groups is 1. The summed E-state index contributed by atoms with van der Waals surface area (Å²) in [6, 6.07) is 5.55. The molecule has 0 saturated carbocycles. The van der Waals surface area contributed by atoms with Crippen molar-refractivity contribution in [2.75, 3.05) is 26.2 Å². The molecule has 1 saturated heterocycles. The first-order valence-electron chi connectivity index (χ1n) is 6.43. The summed E-state index contributed by atoms with van der Waals surface area (Å²) in [7, 11) is 0. The molecule has 1 N–H and O–H groups in total. The third-order valence-corrected chi connectivity index (χ3v) is 4.90.